The fourth-order valence-electron chi connectivity index (χ4n) is 7.48. The maximum absolute atomic E-state index is 14.8. The molecule has 52 heavy (non-hydrogen) atoms. The molecule has 3 aliphatic rings. The normalized spacial score (nSPS) is 22.3. The number of carbonyl (C=O) groups is 6. The number of nitrogens with zero attached hydrogens (tertiary/aromatic N) is 3. The molecule has 0 spiro atoms. The van der Waals surface area contributed by atoms with Crippen LogP contribution in [0.25, 0.3) is 0 Å². The quantitative estimate of drug-likeness (QED) is 0.122. The number of ketones is 1. The van der Waals surface area contributed by atoms with Crippen LogP contribution in [0.4, 0.5) is 0 Å². The number of rotatable bonds is 15. The molecular formula is C39H55N7O6. The summed E-state index contributed by atoms with van der Waals surface area (Å²) in [7, 11) is 0. The maximum atomic E-state index is 14.8. The van der Waals surface area contributed by atoms with Crippen LogP contribution in [0.15, 0.2) is 31.2 Å². The lowest BCUT2D eigenvalue weighted by Gasteiger charge is -2.38. The Bertz CT molecular complexity index is 1520. The van der Waals surface area contributed by atoms with Crippen LogP contribution >= 0.6 is 0 Å². The fraction of sp³-hybridized carbons (Fsp3) is 0.641. The van der Waals surface area contributed by atoms with E-state index in [1.54, 1.807) is 6.08 Å². The van der Waals surface area contributed by atoms with Gasteiger partial charge in [0.1, 0.15) is 23.8 Å². The minimum Gasteiger partial charge on any atom is -0.347 e. The zero-order chi connectivity index (χ0) is 38.2. The summed E-state index contributed by atoms with van der Waals surface area (Å²) in [6, 6.07) is -4.28. The zero-order valence-corrected chi connectivity index (χ0v) is 31.2. The predicted octanol–water partition coefficient (Wildman–Crippen LogP) is 2.72. The van der Waals surface area contributed by atoms with Crippen LogP contribution < -0.4 is 21.3 Å². The number of amides is 5. The van der Waals surface area contributed by atoms with Crippen molar-refractivity contribution in [3.05, 3.63) is 36.9 Å². The van der Waals surface area contributed by atoms with Crippen LogP contribution in [0, 0.1) is 41.4 Å². The minimum absolute atomic E-state index is 0.0513. The predicted molar refractivity (Wildman–Crippen MR) is 195 cm³/mol. The summed E-state index contributed by atoms with van der Waals surface area (Å²) in [4.78, 5) is 92.1. The van der Waals surface area contributed by atoms with E-state index in [2.05, 4.69) is 43.7 Å². The molecular weight excluding hydrogens is 662 g/mol. The minimum atomic E-state index is -1.18. The van der Waals surface area contributed by atoms with Gasteiger partial charge >= 0.3 is 0 Å². The van der Waals surface area contributed by atoms with Gasteiger partial charge in [0.05, 0.1) is 12.2 Å². The molecule has 0 radical (unpaired) electrons. The molecule has 2 aliphatic carbocycles. The number of hydrogen-bond acceptors (Lipinski definition) is 8. The van der Waals surface area contributed by atoms with E-state index >= 15 is 0 Å². The molecule has 5 amide bonds. The van der Waals surface area contributed by atoms with Crippen molar-refractivity contribution in [2.24, 2.45) is 29.1 Å². The van der Waals surface area contributed by atoms with Crippen molar-refractivity contribution in [3.63, 3.8) is 0 Å². The SMILES string of the molecule is C#CCCC(NC(=O)[C@@H]1[C@@H](C(C)C)C(C=C)CN1C(=O)[C@@H](NC(=O)[C@@H](NC(=O)c1cnccn1)C1CCCCC1)C(C)(C)C)C(=O)C(=O)NC1CC1. The Morgan fingerprint density at radius 1 is 1.02 bits per heavy atom. The van der Waals surface area contributed by atoms with E-state index in [1.807, 2.05) is 34.6 Å². The Balaban J connectivity index is 1.63. The molecule has 2 saturated carbocycles. The Morgan fingerprint density at radius 2 is 1.71 bits per heavy atom. The van der Waals surface area contributed by atoms with Gasteiger partial charge in [-0.1, -0.05) is 60.0 Å². The molecule has 4 N–H and O–H groups in total. The number of terminal acetylenes is 1. The van der Waals surface area contributed by atoms with Crippen molar-refractivity contribution in [1.29, 1.82) is 0 Å². The van der Waals surface area contributed by atoms with Gasteiger partial charge < -0.3 is 26.2 Å². The van der Waals surface area contributed by atoms with Gasteiger partial charge in [-0.3, -0.25) is 33.8 Å². The summed E-state index contributed by atoms with van der Waals surface area (Å²) in [6.45, 7) is 13.5. The van der Waals surface area contributed by atoms with Crippen molar-refractivity contribution in [3.8, 4) is 12.3 Å². The lowest BCUT2D eigenvalue weighted by molar-refractivity contribution is -0.146. The summed E-state index contributed by atoms with van der Waals surface area (Å²) >= 11 is 0. The van der Waals surface area contributed by atoms with Gasteiger partial charge in [-0.25, -0.2) is 4.98 Å². The third-order valence-electron chi connectivity index (χ3n) is 10.5. The summed E-state index contributed by atoms with van der Waals surface area (Å²) in [5.41, 5.74) is -0.740. The molecule has 2 unspecified atom stereocenters. The highest BCUT2D eigenvalue weighted by atomic mass is 16.2. The maximum Gasteiger partial charge on any atom is 0.289 e. The van der Waals surface area contributed by atoms with E-state index in [4.69, 9.17) is 6.42 Å². The Hall–Kier alpha value is -4.60. The van der Waals surface area contributed by atoms with Crippen LogP contribution in [-0.4, -0.2) is 86.9 Å². The average molecular weight is 718 g/mol. The molecule has 0 aromatic carbocycles. The van der Waals surface area contributed by atoms with E-state index in [0.717, 1.165) is 44.9 Å². The molecule has 1 aromatic heterocycles. The van der Waals surface area contributed by atoms with Crippen molar-refractivity contribution in [2.45, 2.75) is 123 Å². The van der Waals surface area contributed by atoms with Crippen molar-refractivity contribution in [1.82, 2.24) is 36.1 Å². The number of aromatic nitrogens is 2. The highest BCUT2D eigenvalue weighted by Crippen LogP contribution is 2.38. The first-order valence-corrected chi connectivity index (χ1v) is 18.6. The Morgan fingerprint density at radius 3 is 2.27 bits per heavy atom. The van der Waals surface area contributed by atoms with E-state index in [9.17, 15) is 28.8 Å². The fourth-order valence-corrected chi connectivity index (χ4v) is 7.48. The molecule has 2 heterocycles. The number of likely N-dealkylation sites (tertiary alicyclic amines) is 1. The molecule has 1 aromatic rings. The van der Waals surface area contributed by atoms with Gasteiger partial charge in [0.2, 0.25) is 23.5 Å². The smallest absolute Gasteiger partial charge is 0.289 e. The van der Waals surface area contributed by atoms with E-state index in [1.165, 1.54) is 23.5 Å². The second-order valence-corrected chi connectivity index (χ2v) is 15.8. The van der Waals surface area contributed by atoms with Crippen LogP contribution in [0.2, 0.25) is 0 Å². The lowest BCUT2D eigenvalue weighted by Crippen LogP contribution is -2.62. The van der Waals surface area contributed by atoms with Crippen LogP contribution in [0.3, 0.4) is 0 Å². The third-order valence-corrected chi connectivity index (χ3v) is 10.5. The molecule has 13 heteroatoms. The molecule has 3 fully saturated rings. The number of Topliss-reactive ketones (excluding diaryl/α,β-unsaturated/α-hetero) is 1. The standard InChI is InChI=1S/C39H55N7O6/c1-8-10-16-27(32(47)37(51)42-26-17-18-26)43-36(50)31-29(23(3)4)24(9-2)22-46(31)38(52)33(39(5,6)7)45-35(49)30(25-14-12-11-13-15-25)44-34(48)28-21-40-19-20-41-28/h1,9,19-21,23-27,29-31,33H,2,10-18,22H2,3-7H3,(H,42,51)(H,43,50)(H,44,48)(H,45,49)/t24?,27?,29-,30-,31-,33+/m0/s1. The summed E-state index contributed by atoms with van der Waals surface area (Å²) in [5.74, 6) is -2.06. The van der Waals surface area contributed by atoms with E-state index in [-0.39, 0.29) is 54.8 Å². The highest BCUT2D eigenvalue weighted by molar-refractivity contribution is 6.38. The van der Waals surface area contributed by atoms with Gasteiger partial charge in [0, 0.05) is 31.4 Å². The molecule has 6 atom stereocenters. The highest BCUT2D eigenvalue weighted by Gasteiger charge is 2.51. The first kappa shape index (κ1) is 40.2. The third kappa shape index (κ3) is 10.0. The lowest BCUT2D eigenvalue weighted by atomic mass is 9.80. The van der Waals surface area contributed by atoms with Gasteiger partial charge in [-0.15, -0.1) is 18.9 Å². The van der Waals surface area contributed by atoms with Crippen molar-refractivity contribution in [2.75, 3.05) is 6.54 Å². The second-order valence-electron chi connectivity index (χ2n) is 15.8. The zero-order valence-electron chi connectivity index (χ0n) is 31.2. The average Bonchev–Trinajstić information content (AvgIpc) is 3.85. The first-order valence-electron chi connectivity index (χ1n) is 18.6. The summed E-state index contributed by atoms with van der Waals surface area (Å²) in [5, 5.41) is 11.3. The van der Waals surface area contributed by atoms with Crippen LogP contribution in [-0.2, 0) is 24.0 Å². The van der Waals surface area contributed by atoms with Gasteiger partial charge in [-0.2, -0.15) is 0 Å². The van der Waals surface area contributed by atoms with Crippen molar-refractivity contribution < 1.29 is 28.8 Å². The molecule has 0 bridgehead atoms. The molecule has 1 aliphatic heterocycles. The molecule has 282 valence electrons. The van der Waals surface area contributed by atoms with Gasteiger partial charge in [0.15, 0.2) is 0 Å². The monoisotopic (exact) mass is 717 g/mol. The van der Waals surface area contributed by atoms with Crippen LogP contribution in [0.5, 0.6) is 0 Å². The van der Waals surface area contributed by atoms with Gasteiger partial charge in [-0.05, 0) is 61.2 Å². The summed E-state index contributed by atoms with van der Waals surface area (Å²) in [6.07, 6.45) is 17.5. The van der Waals surface area contributed by atoms with Gasteiger partial charge in [0.25, 0.3) is 11.8 Å². The molecule has 1 saturated heterocycles. The number of carbonyl (C=O) groups excluding carboxylic acids is 6. The molecule has 4 rings (SSSR count). The Labute approximate surface area is 307 Å². The largest absolute Gasteiger partial charge is 0.347 e. The van der Waals surface area contributed by atoms with E-state index in [0.29, 0.717) is 0 Å². The molecule has 13 nitrogen and oxygen atoms in total. The summed E-state index contributed by atoms with van der Waals surface area (Å²) < 4.78 is 0. The van der Waals surface area contributed by atoms with Crippen LogP contribution in [0.1, 0.15) is 103 Å². The first-order chi connectivity index (χ1) is 24.7. The van der Waals surface area contributed by atoms with E-state index < -0.39 is 64.9 Å². The number of hydrogen-bond donors (Lipinski definition) is 4. The second kappa shape index (κ2) is 17.8. The number of nitrogens with one attached hydrogen (secondary N) is 4. The Kier molecular flexibility index (Phi) is 13.7. The van der Waals surface area contributed by atoms with Crippen molar-refractivity contribution >= 4 is 35.3 Å². The topological polar surface area (TPSA) is 180 Å².